The molecule has 0 unspecified atom stereocenters. The van der Waals surface area contributed by atoms with Gasteiger partial charge in [0.05, 0.1) is 16.3 Å². The Balaban J connectivity index is 1.67. The van der Waals surface area contributed by atoms with Crippen LogP contribution in [0.3, 0.4) is 0 Å². The first-order valence-electron chi connectivity index (χ1n) is 10.9. The summed E-state index contributed by atoms with van der Waals surface area (Å²) in [5.41, 5.74) is 0.959. The van der Waals surface area contributed by atoms with Gasteiger partial charge in [-0.2, -0.15) is 0 Å². The van der Waals surface area contributed by atoms with E-state index < -0.39 is 22.5 Å². The minimum absolute atomic E-state index is 0.0592. The second-order valence-electron chi connectivity index (χ2n) is 7.88. The highest BCUT2D eigenvalue weighted by Gasteiger charge is 2.28. The fourth-order valence-corrected chi connectivity index (χ4v) is 5.45. The molecular weight excluding hydrogens is 555 g/mol. The van der Waals surface area contributed by atoms with Gasteiger partial charge in [0.15, 0.2) is 5.78 Å². The molecule has 0 saturated carbocycles. The topological polar surface area (TPSA) is 83.6 Å². The Hall–Kier alpha value is -3.36. The molecular formula is C27H19Cl3N2O4S. The number of nitrogens with zero attached hydrogens (tertiary/aromatic N) is 1. The van der Waals surface area contributed by atoms with Crippen molar-refractivity contribution in [2.45, 2.75) is 4.90 Å². The van der Waals surface area contributed by atoms with Gasteiger partial charge in [0.2, 0.25) is 5.91 Å². The third-order valence-electron chi connectivity index (χ3n) is 5.32. The lowest BCUT2D eigenvalue weighted by molar-refractivity contribution is -0.114. The zero-order valence-corrected chi connectivity index (χ0v) is 22.2. The number of carbonyl (C=O) groups excluding carboxylic acids is 2. The van der Waals surface area contributed by atoms with Crippen LogP contribution in [-0.2, 0) is 14.8 Å². The van der Waals surface area contributed by atoms with Crippen LogP contribution >= 0.6 is 34.8 Å². The molecule has 0 heterocycles. The van der Waals surface area contributed by atoms with Crippen molar-refractivity contribution in [1.82, 2.24) is 0 Å². The number of sulfonamides is 1. The van der Waals surface area contributed by atoms with Crippen LogP contribution < -0.4 is 9.62 Å². The van der Waals surface area contributed by atoms with Gasteiger partial charge in [-0.25, -0.2) is 8.42 Å². The zero-order chi connectivity index (χ0) is 26.6. The summed E-state index contributed by atoms with van der Waals surface area (Å²) in [5.74, 6) is -1.03. The van der Waals surface area contributed by atoms with Crippen molar-refractivity contribution in [3.8, 4) is 0 Å². The van der Waals surface area contributed by atoms with Gasteiger partial charge < -0.3 is 5.32 Å². The third-order valence-corrected chi connectivity index (χ3v) is 7.83. The molecule has 0 aromatic heterocycles. The highest BCUT2D eigenvalue weighted by Crippen LogP contribution is 2.28. The lowest BCUT2D eigenvalue weighted by atomic mass is 10.0. The molecule has 0 bridgehead atoms. The van der Waals surface area contributed by atoms with Crippen LogP contribution in [0.5, 0.6) is 0 Å². The van der Waals surface area contributed by atoms with E-state index in [1.54, 1.807) is 42.5 Å². The highest BCUT2D eigenvalue weighted by molar-refractivity contribution is 7.92. The SMILES string of the molecule is O=C(CN(c1cccc(Cl)c1)S(=O)(=O)c1ccc(Cl)cc1)Nc1ccc(Cl)cc1C(=O)c1ccccc1. The standard InChI is InChI=1S/C27H19Cl3N2O4S/c28-19-9-12-23(13-10-19)37(35,36)32(22-8-4-7-20(29)15-22)17-26(33)31-25-14-11-21(30)16-24(25)27(34)18-5-2-1-3-6-18/h1-16H,17H2,(H,31,33). The first kappa shape index (κ1) is 26.7. The molecule has 0 aliphatic heterocycles. The smallest absolute Gasteiger partial charge is 0.264 e. The van der Waals surface area contributed by atoms with Crippen LogP contribution in [-0.4, -0.2) is 26.7 Å². The lowest BCUT2D eigenvalue weighted by Crippen LogP contribution is -2.38. The molecule has 4 aromatic carbocycles. The average Bonchev–Trinajstić information content (AvgIpc) is 2.88. The molecule has 0 radical (unpaired) electrons. The maximum atomic E-state index is 13.5. The monoisotopic (exact) mass is 572 g/mol. The third kappa shape index (κ3) is 6.32. The average molecular weight is 574 g/mol. The molecule has 37 heavy (non-hydrogen) atoms. The number of anilines is 2. The maximum Gasteiger partial charge on any atom is 0.264 e. The van der Waals surface area contributed by atoms with Gasteiger partial charge in [0, 0.05) is 26.2 Å². The normalized spacial score (nSPS) is 11.1. The molecule has 4 aromatic rings. The molecule has 1 N–H and O–H groups in total. The molecule has 0 aliphatic carbocycles. The minimum atomic E-state index is -4.18. The van der Waals surface area contributed by atoms with Gasteiger partial charge >= 0.3 is 0 Å². The molecule has 0 atom stereocenters. The Kier molecular flexibility index (Phi) is 8.19. The molecule has 0 spiro atoms. The molecule has 6 nitrogen and oxygen atoms in total. The quantitative estimate of drug-likeness (QED) is 0.237. The van der Waals surface area contributed by atoms with Crippen molar-refractivity contribution in [2.75, 3.05) is 16.2 Å². The number of halogens is 3. The molecule has 0 fully saturated rings. The Bertz CT molecular complexity index is 1560. The number of carbonyl (C=O) groups is 2. The van der Waals surface area contributed by atoms with Gasteiger partial charge in [0.25, 0.3) is 10.0 Å². The number of hydrogen-bond donors (Lipinski definition) is 1. The zero-order valence-electron chi connectivity index (χ0n) is 19.1. The molecule has 10 heteroatoms. The predicted octanol–water partition coefficient (Wildman–Crippen LogP) is 6.71. The van der Waals surface area contributed by atoms with Crippen molar-refractivity contribution < 1.29 is 18.0 Å². The van der Waals surface area contributed by atoms with E-state index in [0.29, 0.717) is 20.6 Å². The molecule has 1 amide bonds. The van der Waals surface area contributed by atoms with E-state index in [1.165, 1.54) is 54.6 Å². The Morgan fingerprint density at radius 3 is 2.05 bits per heavy atom. The summed E-state index contributed by atoms with van der Waals surface area (Å²) in [4.78, 5) is 26.2. The number of amides is 1. The molecule has 4 rings (SSSR count). The summed E-state index contributed by atoms with van der Waals surface area (Å²) in [5, 5.41) is 3.63. The van der Waals surface area contributed by atoms with Crippen LogP contribution in [0.2, 0.25) is 15.1 Å². The van der Waals surface area contributed by atoms with Gasteiger partial charge in [-0.05, 0) is 60.7 Å². The van der Waals surface area contributed by atoms with Crippen molar-refractivity contribution in [3.63, 3.8) is 0 Å². The van der Waals surface area contributed by atoms with Crippen LogP contribution in [0.1, 0.15) is 15.9 Å². The van der Waals surface area contributed by atoms with E-state index in [1.807, 2.05) is 0 Å². The summed E-state index contributed by atoms with van der Waals surface area (Å²) in [6.07, 6.45) is 0. The van der Waals surface area contributed by atoms with Crippen molar-refractivity contribution in [3.05, 3.63) is 123 Å². The minimum Gasteiger partial charge on any atom is -0.324 e. The fourth-order valence-electron chi connectivity index (χ4n) is 3.56. The summed E-state index contributed by atoms with van der Waals surface area (Å²) in [6.45, 7) is -0.590. The van der Waals surface area contributed by atoms with Gasteiger partial charge in [-0.1, -0.05) is 71.2 Å². The second kappa shape index (κ2) is 11.4. The van der Waals surface area contributed by atoms with E-state index in [4.69, 9.17) is 34.8 Å². The number of nitrogens with one attached hydrogen (secondary N) is 1. The van der Waals surface area contributed by atoms with Crippen LogP contribution in [0.15, 0.2) is 102 Å². The Morgan fingerprint density at radius 1 is 0.730 bits per heavy atom. The summed E-state index contributed by atoms with van der Waals surface area (Å²) in [6, 6.07) is 24.7. The largest absolute Gasteiger partial charge is 0.324 e. The maximum absolute atomic E-state index is 13.5. The van der Waals surface area contributed by atoms with E-state index >= 15 is 0 Å². The fraction of sp³-hybridized carbons (Fsp3) is 0.0370. The van der Waals surface area contributed by atoms with E-state index in [2.05, 4.69) is 5.32 Å². The van der Waals surface area contributed by atoms with Crippen LogP contribution in [0.4, 0.5) is 11.4 Å². The summed E-state index contributed by atoms with van der Waals surface area (Å²) < 4.78 is 28.0. The molecule has 188 valence electrons. The van der Waals surface area contributed by atoms with Gasteiger partial charge in [-0.15, -0.1) is 0 Å². The van der Waals surface area contributed by atoms with E-state index in [-0.39, 0.29) is 27.6 Å². The number of rotatable bonds is 8. The second-order valence-corrected chi connectivity index (χ2v) is 11.1. The van der Waals surface area contributed by atoms with Crippen molar-refractivity contribution >= 4 is 67.9 Å². The van der Waals surface area contributed by atoms with E-state index in [9.17, 15) is 18.0 Å². The molecule has 0 saturated heterocycles. The molecule has 0 aliphatic rings. The van der Waals surface area contributed by atoms with Crippen LogP contribution in [0.25, 0.3) is 0 Å². The highest BCUT2D eigenvalue weighted by atomic mass is 35.5. The number of hydrogen-bond acceptors (Lipinski definition) is 4. The predicted molar refractivity (Wildman–Crippen MR) is 147 cm³/mol. The summed E-state index contributed by atoms with van der Waals surface area (Å²) in [7, 11) is -4.18. The van der Waals surface area contributed by atoms with Gasteiger partial charge in [0.1, 0.15) is 6.54 Å². The van der Waals surface area contributed by atoms with Gasteiger partial charge in [-0.3, -0.25) is 13.9 Å². The Labute approximate surface area is 229 Å². The lowest BCUT2D eigenvalue weighted by Gasteiger charge is -2.24. The van der Waals surface area contributed by atoms with Crippen molar-refractivity contribution in [2.24, 2.45) is 0 Å². The summed E-state index contributed by atoms with van der Waals surface area (Å²) >= 11 is 18.2. The Morgan fingerprint density at radius 2 is 1.38 bits per heavy atom. The van der Waals surface area contributed by atoms with Crippen LogP contribution in [0, 0.1) is 0 Å². The number of benzene rings is 4. The first-order chi connectivity index (χ1) is 17.6. The number of ketones is 1. The van der Waals surface area contributed by atoms with Crippen molar-refractivity contribution in [1.29, 1.82) is 0 Å². The van der Waals surface area contributed by atoms with E-state index in [0.717, 1.165) is 4.31 Å². The first-order valence-corrected chi connectivity index (χ1v) is 13.5.